The van der Waals surface area contributed by atoms with E-state index in [0.717, 1.165) is 58.2 Å². The van der Waals surface area contributed by atoms with Crippen LogP contribution in [0.3, 0.4) is 0 Å². The van der Waals surface area contributed by atoms with Gasteiger partial charge in [0.2, 0.25) is 5.91 Å². The lowest BCUT2D eigenvalue weighted by Crippen LogP contribution is -2.49. The van der Waals surface area contributed by atoms with Gasteiger partial charge in [0.25, 0.3) is 0 Å². The van der Waals surface area contributed by atoms with E-state index in [9.17, 15) is 9.59 Å². The molecule has 1 N–H and O–H groups in total. The van der Waals surface area contributed by atoms with Crippen LogP contribution in [0.2, 0.25) is 0 Å². The summed E-state index contributed by atoms with van der Waals surface area (Å²) in [4.78, 5) is 30.9. The van der Waals surface area contributed by atoms with Crippen molar-refractivity contribution in [2.75, 3.05) is 78.7 Å². The molecular weight excluding hydrogens is 392 g/mol. The topological polar surface area (TPSA) is 65.1 Å². The Bertz CT molecular complexity index is 598. The highest BCUT2D eigenvalue weighted by Gasteiger charge is 2.25. The SMILES string of the molecule is CCC#CCNC(=O)COCCN1CCN(CC2CCN(CC(=O)C(C)C)CC2)CC1. The lowest BCUT2D eigenvalue weighted by molar-refractivity contribution is -0.125. The van der Waals surface area contributed by atoms with Gasteiger partial charge in [-0.3, -0.25) is 19.4 Å². The molecule has 31 heavy (non-hydrogen) atoms. The summed E-state index contributed by atoms with van der Waals surface area (Å²) < 4.78 is 5.51. The van der Waals surface area contributed by atoms with Crippen molar-refractivity contribution in [3.63, 3.8) is 0 Å². The smallest absolute Gasteiger partial charge is 0.246 e. The van der Waals surface area contributed by atoms with Crippen molar-refractivity contribution < 1.29 is 14.3 Å². The fraction of sp³-hybridized carbons (Fsp3) is 0.833. The largest absolute Gasteiger partial charge is 0.370 e. The second-order valence-electron chi connectivity index (χ2n) is 9.02. The highest BCUT2D eigenvalue weighted by Crippen LogP contribution is 2.19. The summed E-state index contributed by atoms with van der Waals surface area (Å²) >= 11 is 0. The molecule has 0 aromatic rings. The van der Waals surface area contributed by atoms with Crippen LogP contribution in [0.1, 0.15) is 40.0 Å². The fourth-order valence-corrected chi connectivity index (χ4v) is 4.03. The highest BCUT2D eigenvalue weighted by atomic mass is 16.5. The van der Waals surface area contributed by atoms with Crippen LogP contribution in [0.4, 0.5) is 0 Å². The number of likely N-dealkylation sites (tertiary alicyclic amines) is 1. The van der Waals surface area contributed by atoms with E-state index in [0.29, 0.717) is 25.5 Å². The van der Waals surface area contributed by atoms with Gasteiger partial charge >= 0.3 is 0 Å². The van der Waals surface area contributed by atoms with Gasteiger partial charge in [-0.05, 0) is 31.8 Å². The van der Waals surface area contributed by atoms with Crippen LogP contribution in [-0.2, 0) is 14.3 Å². The molecule has 0 radical (unpaired) electrons. The van der Waals surface area contributed by atoms with Crippen molar-refractivity contribution in [1.29, 1.82) is 0 Å². The van der Waals surface area contributed by atoms with Gasteiger partial charge in [-0.2, -0.15) is 0 Å². The first-order valence-corrected chi connectivity index (χ1v) is 12.0. The molecule has 2 aliphatic rings. The predicted molar refractivity (Wildman–Crippen MR) is 124 cm³/mol. The van der Waals surface area contributed by atoms with Crippen molar-refractivity contribution in [3.05, 3.63) is 0 Å². The number of piperazine rings is 1. The Morgan fingerprint density at radius 2 is 1.68 bits per heavy atom. The summed E-state index contributed by atoms with van der Waals surface area (Å²) in [6.45, 7) is 16.2. The molecule has 0 aromatic carbocycles. The predicted octanol–water partition coefficient (Wildman–Crippen LogP) is 1.09. The number of nitrogens with one attached hydrogen (secondary N) is 1. The number of carbonyl (C=O) groups is 2. The van der Waals surface area contributed by atoms with E-state index in [2.05, 4.69) is 31.9 Å². The van der Waals surface area contributed by atoms with E-state index in [-0.39, 0.29) is 18.4 Å². The number of hydrogen-bond donors (Lipinski definition) is 1. The first-order chi connectivity index (χ1) is 15.0. The maximum absolute atomic E-state index is 11.9. The van der Waals surface area contributed by atoms with Crippen LogP contribution in [0, 0.1) is 23.7 Å². The van der Waals surface area contributed by atoms with Crippen molar-refractivity contribution in [3.8, 4) is 11.8 Å². The molecule has 0 bridgehead atoms. The Labute approximate surface area is 188 Å². The van der Waals surface area contributed by atoms with E-state index in [1.54, 1.807) is 0 Å². The third-order valence-electron chi connectivity index (χ3n) is 6.17. The quantitative estimate of drug-likeness (QED) is 0.388. The Hall–Kier alpha value is -1.46. The number of hydrogen-bond acceptors (Lipinski definition) is 6. The van der Waals surface area contributed by atoms with Gasteiger partial charge in [-0.1, -0.05) is 26.7 Å². The highest BCUT2D eigenvalue weighted by molar-refractivity contribution is 5.82. The zero-order valence-electron chi connectivity index (χ0n) is 19.8. The second-order valence-corrected chi connectivity index (χ2v) is 9.02. The average Bonchev–Trinajstić information content (AvgIpc) is 2.76. The number of amides is 1. The summed E-state index contributed by atoms with van der Waals surface area (Å²) in [6, 6.07) is 0. The molecule has 1 amide bonds. The molecule has 2 heterocycles. The summed E-state index contributed by atoms with van der Waals surface area (Å²) in [7, 11) is 0. The molecule has 2 aliphatic heterocycles. The number of ketones is 1. The molecule has 0 unspecified atom stereocenters. The number of Topliss-reactive ketones (excluding diaryl/α,β-unsaturated/α-hetero) is 1. The minimum absolute atomic E-state index is 0.102. The van der Waals surface area contributed by atoms with Gasteiger partial charge in [0.05, 0.1) is 19.7 Å². The van der Waals surface area contributed by atoms with E-state index in [1.165, 1.54) is 19.4 Å². The number of nitrogens with zero attached hydrogens (tertiary/aromatic N) is 3. The summed E-state index contributed by atoms with van der Waals surface area (Å²) in [5.41, 5.74) is 0. The molecule has 0 aliphatic carbocycles. The second kappa shape index (κ2) is 14.6. The monoisotopic (exact) mass is 434 g/mol. The van der Waals surface area contributed by atoms with E-state index < -0.39 is 0 Å². The standard InChI is InChI=1S/C24H42N4O3/c1-4-5-6-9-25-24(30)20-31-17-16-26-12-14-28(15-13-26)18-22-7-10-27(11-8-22)19-23(29)21(2)3/h21-22H,4,7-20H2,1-3H3,(H,25,30). The van der Waals surface area contributed by atoms with Crippen LogP contribution >= 0.6 is 0 Å². The van der Waals surface area contributed by atoms with E-state index >= 15 is 0 Å². The van der Waals surface area contributed by atoms with Gasteiger partial charge in [0.1, 0.15) is 12.4 Å². The maximum Gasteiger partial charge on any atom is 0.246 e. The van der Waals surface area contributed by atoms with Crippen LogP contribution < -0.4 is 5.32 Å². The summed E-state index contributed by atoms with van der Waals surface area (Å²) in [5.74, 6) is 6.96. The number of carbonyl (C=O) groups excluding carboxylic acids is 2. The molecule has 7 heteroatoms. The summed E-state index contributed by atoms with van der Waals surface area (Å²) in [6.07, 6.45) is 3.20. The number of ether oxygens (including phenoxy) is 1. The molecule has 0 atom stereocenters. The van der Waals surface area contributed by atoms with Gasteiger partial charge in [-0.15, -0.1) is 5.92 Å². The molecule has 7 nitrogen and oxygen atoms in total. The molecule has 2 saturated heterocycles. The molecular formula is C24H42N4O3. The molecule has 0 aromatic heterocycles. The van der Waals surface area contributed by atoms with Crippen LogP contribution in [0.25, 0.3) is 0 Å². The molecule has 2 rings (SSSR count). The fourth-order valence-electron chi connectivity index (χ4n) is 4.03. The van der Waals surface area contributed by atoms with Gasteiger partial charge < -0.3 is 15.0 Å². The van der Waals surface area contributed by atoms with Crippen molar-refractivity contribution >= 4 is 11.7 Å². The summed E-state index contributed by atoms with van der Waals surface area (Å²) in [5, 5.41) is 2.74. The first-order valence-electron chi connectivity index (χ1n) is 12.0. The van der Waals surface area contributed by atoms with Crippen molar-refractivity contribution in [1.82, 2.24) is 20.0 Å². The van der Waals surface area contributed by atoms with E-state index in [4.69, 9.17) is 4.74 Å². The first kappa shape index (κ1) is 25.8. The lowest BCUT2D eigenvalue weighted by atomic mass is 9.95. The Kier molecular flexibility index (Phi) is 12.1. The molecule has 0 spiro atoms. The average molecular weight is 435 g/mol. The zero-order valence-corrected chi connectivity index (χ0v) is 19.8. The Balaban J connectivity index is 1.50. The molecule has 176 valence electrons. The third-order valence-corrected chi connectivity index (χ3v) is 6.17. The van der Waals surface area contributed by atoms with Crippen LogP contribution in [-0.4, -0.2) is 105 Å². The zero-order chi connectivity index (χ0) is 22.5. The van der Waals surface area contributed by atoms with Crippen molar-refractivity contribution in [2.45, 2.75) is 40.0 Å². The molecule has 2 fully saturated rings. The Morgan fingerprint density at radius 1 is 1.00 bits per heavy atom. The van der Waals surface area contributed by atoms with Crippen LogP contribution in [0.5, 0.6) is 0 Å². The minimum atomic E-state index is -0.102. The lowest BCUT2D eigenvalue weighted by Gasteiger charge is -2.38. The molecule has 0 saturated carbocycles. The Morgan fingerprint density at radius 3 is 2.32 bits per heavy atom. The van der Waals surface area contributed by atoms with E-state index in [1.807, 2.05) is 20.8 Å². The van der Waals surface area contributed by atoms with Gasteiger partial charge in [-0.25, -0.2) is 0 Å². The number of piperidine rings is 1. The van der Waals surface area contributed by atoms with Gasteiger partial charge in [0, 0.05) is 51.6 Å². The van der Waals surface area contributed by atoms with Gasteiger partial charge in [0.15, 0.2) is 0 Å². The third kappa shape index (κ3) is 10.6. The van der Waals surface area contributed by atoms with Crippen molar-refractivity contribution in [2.24, 2.45) is 11.8 Å². The normalized spacial score (nSPS) is 19.2. The number of rotatable bonds is 11. The maximum atomic E-state index is 11.9. The van der Waals surface area contributed by atoms with Crippen LogP contribution in [0.15, 0.2) is 0 Å². The minimum Gasteiger partial charge on any atom is -0.370 e.